The van der Waals surface area contributed by atoms with Crippen molar-refractivity contribution in [1.29, 1.82) is 0 Å². The van der Waals surface area contributed by atoms with E-state index in [1.165, 1.54) is 61.6 Å². The monoisotopic (exact) mass is 488 g/mol. The van der Waals surface area contributed by atoms with Crippen LogP contribution in [0.5, 0.6) is 0 Å². The average Bonchev–Trinajstić information content (AvgIpc) is 3.01. The van der Waals surface area contributed by atoms with Gasteiger partial charge in [-0.1, -0.05) is 67.0 Å². The third kappa shape index (κ3) is 5.85. The summed E-state index contributed by atoms with van der Waals surface area (Å²) in [4.78, 5) is 18.5. The first-order valence-corrected chi connectivity index (χ1v) is 14.2. The summed E-state index contributed by atoms with van der Waals surface area (Å²) < 4.78 is 0. The maximum Gasteiger partial charge on any atom is 0.241 e. The van der Waals surface area contributed by atoms with Gasteiger partial charge in [0.1, 0.15) is 0 Å². The number of carbonyl (C=O) groups is 1. The summed E-state index contributed by atoms with van der Waals surface area (Å²) in [6.07, 6.45) is 18.2. The van der Waals surface area contributed by atoms with Crippen molar-refractivity contribution < 1.29 is 4.79 Å². The van der Waals surface area contributed by atoms with Gasteiger partial charge in [-0.2, -0.15) is 0 Å². The van der Waals surface area contributed by atoms with E-state index in [2.05, 4.69) is 76.2 Å². The summed E-state index contributed by atoms with van der Waals surface area (Å²) in [6, 6.07) is 10.5. The Kier molecular flexibility index (Phi) is 8.40. The zero-order chi connectivity index (χ0) is 24.9. The van der Waals surface area contributed by atoms with Crippen LogP contribution in [0.15, 0.2) is 60.7 Å². The van der Waals surface area contributed by atoms with Crippen LogP contribution >= 0.6 is 0 Å². The molecule has 194 valence electrons. The minimum absolute atomic E-state index is 0.0842. The van der Waals surface area contributed by atoms with Crippen molar-refractivity contribution in [3.05, 3.63) is 71.8 Å². The molecule has 5 heteroatoms. The molecule has 0 spiro atoms. The first-order valence-electron chi connectivity index (χ1n) is 14.2. The number of hydrazine groups is 1. The molecule has 1 N–H and O–H groups in total. The van der Waals surface area contributed by atoms with E-state index >= 15 is 0 Å². The summed E-state index contributed by atoms with van der Waals surface area (Å²) in [6.45, 7) is 11.4. The molecule has 5 rings (SSSR count). The van der Waals surface area contributed by atoms with Gasteiger partial charge in [0.05, 0.1) is 12.0 Å². The molecule has 3 fully saturated rings. The maximum atomic E-state index is 13.1. The number of benzene rings is 1. The minimum atomic E-state index is -0.0842. The maximum absolute atomic E-state index is 13.1. The van der Waals surface area contributed by atoms with E-state index in [-0.39, 0.29) is 17.9 Å². The van der Waals surface area contributed by atoms with Crippen LogP contribution in [0.4, 0.5) is 0 Å². The van der Waals surface area contributed by atoms with E-state index < -0.39 is 0 Å². The van der Waals surface area contributed by atoms with Gasteiger partial charge < -0.3 is 0 Å². The quantitative estimate of drug-likeness (QED) is 0.538. The molecule has 3 saturated heterocycles. The van der Waals surface area contributed by atoms with Crippen LogP contribution in [0.2, 0.25) is 0 Å². The predicted octanol–water partition coefficient (Wildman–Crippen LogP) is 5.17. The lowest BCUT2D eigenvalue weighted by Crippen LogP contribution is -2.45. The number of aryl methyl sites for hydroxylation is 1. The Labute approximate surface area is 217 Å². The number of nitrogens with one attached hydrogen (secondary N) is 1. The van der Waals surface area contributed by atoms with Gasteiger partial charge in [-0.15, -0.1) is 6.58 Å². The van der Waals surface area contributed by atoms with Gasteiger partial charge in [0.25, 0.3) is 0 Å². The van der Waals surface area contributed by atoms with Crippen molar-refractivity contribution in [2.75, 3.05) is 32.7 Å². The number of rotatable bonds is 7. The highest BCUT2D eigenvalue weighted by atomic mass is 16.2. The van der Waals surface area contributed by atoms with Crippen molar-refractivity contribution in [3.8, 4) is 0 Å². The van der Waals surface area contributed by atoms with Gasteiger partial charge in [0.2, 0.25) is 5.91 Å². The Morgan fingerprint density at radius 3 is 2.64 bits per heavy atom. The van der Waals surface area contributed by atoms with E-state index in [1.54, 1.807) is 0 Å². The van der Waals surface area contributed by atoms with Crippen LogP contribution in [0.25, 0.3) is 0 Å². The number of carbonyl (C=O) groups excluding carboxylic acids is 1. The van der Waals surface area contributed by atoms with Crippen LogP contribution < -0.4 is 5.43 Å². The fourth-order valence-corrected chi connectivity index (χ4v) is 6.78. The highest BCUT2D eigenvalue weighted by molar-refractivity contribution is 5.80. The highest BCUT2D eigenvalue weighted by Gasteiger charge is 2.42. The van der Waals surface area contributed by atoms with Crippen LogP contribution in [0, 0.1) is 12.8 Å². The van der Waals surface area contributed by atoms with Gasteiger partial charge in [-0.25, -0.2) is 5.01 Å². The molecular formula is C31H44N4O. The first-order chi connectivity index (χ1) is 17.6. The molecule has 4 atom stereocenters. The standard InChI is InChI=1S/C31H44N4O/c1-3-18-33-21-17-28-15-16-29(23-33)35(28)30(27-10-8-9-24(2)22-27)25-11-13-26(14-12-25)31(36)32-34-19-6-4-5-7-20-34/h3,8-13,22,26,28-30H,1,4-7,14-21,23H2,2H3,(H,32,36). The first kappa shape index (κ1) is 25.4. The lowest BCUT2D eigenvalue weighted by molar-refractivity contribution is -0.128. The van der Waals surface area contributed by atoms with Gasteiger partial charge in [0.15, 0.2) is 0 Å². The molecule has 4 aliphatic rings. The van der Waals surface area contributed by atoms with Crippen molar-refractivity contribution in [2.24, 2.45) is 5.92 Å². The summed E-state index contributed by atoms with van der Waals surface area (Å²) >= 11 is 0. The third-order valence-electron chi connectivity index (χ3n) is 8.62. The molecule has 1 aliphatic carbocycles. The van der Waals surface area contributed by atoms with Crippen molar-refractivity contribution in [1.82, 2.24) is 20.2 Å². The SMILES string of the molecule is C=CCN1CCC2CCC(C1)N2C(C1=CCC(C(=O)NN2CCCCCC2)C=C1)c1cccc(C)c1. The van der Waals surface area contributed by atoms with E-state index in [0.717, 1.165) is 39.1 Å². The van der Waals surface area contributed by atoms with E-state index in [1.807, 2.05) is 6.08 Å². The summed E-state index contributed by atoms with van der Waals surface area (Å²) in [5, 5.41) is 2.14. The number of hydrogen-bond donors (Lipinski definition) is 1. The summed E-state index contributed by atoms with van der Waals surface area (Å²) in [5.74, 6) is 0.0598. The van der Waals surface area contributed by atoms with Crippen LogP contribution in [-0.4, -0.2) is 65.5 Å². The molecule has 1 aromatic carbocycles. The predicted molar refractivity (Wildman–Crippen MR) is 147 cm³/mol. The number of likely N-dealkylation sites (tertiary alicyclic amines) is 1. The Morgan fingerprint density at radius 2 is 1.92 bits per heavy atom. The second kappa shape index (κ2) is 11.9. The molecular weight excluding hydrogens is 444 g/mol. The van der Waals surface area contributed by atoms with Crippen molar-refractivity contribution >= 4 is 5.91 Å². The molecule has 3 aliphatic heterocycles. The second-order valence-electron chi connectivity index (χ2n) is 11.3. The molecule has 3 heterocycles. The van der Waals surface area contributed by atoms with Gasteiger partial charge in [0, 0.05) is 44.8 Å². The highest BCUT2D eigenvalue weighted by Crippen LogP contribution is 2.42. The number of allylic oxidation sites excluding steroid dienone is 1. The molecule has 1 amide bonds. The third-order valence-corrected chi connectivity index (χ3v) is 8.62. The Bertz CT molecular complexity index is 977. The molecule has 0 aromatic heterocycles. The lowest BCUT2D eigenvalue weighted by atomic mass is 9.87. The minimum Gasteiger partial charge on any atom is -0.298 e. The Hall–Kier alpha value is -2.21. The van der Waals surface area contributed by atoms with E-state index in [4.69, 9.17) is 0 Å². The van der Waals surface area contributed by atoms with Crippen LogP contribution in [0.3, 0.4) is 0 Å². The van der Waals surface area contributed by atoms with Crippen LogP contribution in [0.1, 0.15) is 68.5 Å². The average molecular weight is 489 g/mol. The van der Waals surface area contributed by atoms with Crippen molar-refractivity contribution in [2.45, 2.75) is 76.4 Å². The van der Waals surface area contributed by atoms with Crippen molar-refractivity contribution in [3.63, 3.8) is 0 Å². The van der Waals surface area contributed by atoms with Crippen LogP contribution in [-0.2, 0) is 4.79 Å². The molecule has 5 nitrogen and oxygen atoms in total. The topological polar surface area (TPSA) is 38.8 Å². The zero-order valence-corrected chi connectivity index (χ0v) is 22.1. The number of fused-ring (bicyclic) bond motifs is 2. The van der Waals surface area contributed by atoms with E-state index in [9.17, 15) is 4.79 Å². The van der Waals surface area contributed by atoms with E-state index in [0.29, 0.717) is 12.1 Å². The Balaban J connectivity index is 1.35. The van der Waals surface area contributed by atoms with Gasteiger partial charge in [-0.3, -0.25) is 20.0 Å². The van der Waals surface area contributed by atoms with Gasteiger partial charge in [-0.05, 0) is 56.6 Å². The Morgan fingerprint density at radius 1 is 1.11 bits per heavy atom. The molecule has 1 aromatic rings. The summed E-state index contributed by atoms with van der Waals surface area (Å²) in [5.41, 5.74) is 7.26. The molecule has 0 radical (unpaired) electrons. The summed E-state index contributed by atoms with van der Waals surface area (Å²) in [7, 11) is 0. The fraction of sp³-hybridized carbons (Fsp3) is 0.581. The number of hydrogen-bond acceptors (Lipinski definition) is 4. The fourth-order valence-electron chi connectivity index (χ4n) is 6.78. The number of amides is 1. The normalized spacial score (nSPS) is 28.7. The largest absolute Gasteiger partial charge is 0.298 e. The smallest absolute Gasteiger partial charge is 0.241 e. The molecule has 4 unspecified atom stereocenters. The molecule has 0 saturated carbocycles. The zero-order valence-electron chi connectivity index (χ0n) is 22.1. The molecule has 2 bridgehead atoms. The van der Waals surface area contributed by atoms with Gasteiger partial charge >= 0.3 is 0 Å². The molecule has 36 heavy (non-hydrogen) atoms. The second-order valence-corrected chi connectivity index (χ2v) is 11.3. The number of nitrogens with zero attached hydrogens (tertiary/aromatic N) is 3. The lowest BCUT2D eigenvalue weighted by Gasteiger charge is -2.38.